The van der Waals surface area contributed by atoms with Crippen LogP contribution in [0.4, 0.5) is 0 Å². The van der Waals surface area contributed by atoms with E-state index in [4.69, 9.17) is 14.2 Å². The third-order valence-corrected chi connectivity index (χ3v) is 4.16. The predicted octanol–water partition coefficient (Wildman–Crippen LogP) is 5.20. The highest BCUT2D eigenvalue weighted by molar-refractivity contribution is 5.89. The molecule has 0 aliphatic heterocycles. The smallest absolute Gasteiger partial charge is 0.162 e. The van der Waals surface area contributed by atoms with Gasteiger partial charge >= 0.3 is 0 Å². The first-order valence-corrected chi connectivity index (χ1v) is 7.96. The minimum absolute atomic E-state index is 0.644. The van der Waals surface area contributed by atoms with Gasteiger partial charge < -0.3 is 14.2 Å². The van der Waals surface area contributed by atoms with Crippen LogP contribution in [-0.2, 0) is 0 Å². The number of methoxy groups -OCH3 is 2. The summed E-state index contributed by atoms with van der Waals surface area (Å²) in [7, 11) is 3.23. The van der Waals surface area contributed by atoms with E-state index in [2.05, 4.69) is 23.2 Å². The summed E-state index contributed by atoms with van der Waals surface area (Å²) < 4.78 is 16.9. The van der Waals surface area contributed by atoms with Gasteiger partial charge in [0.2, 0.25) is 0 Å². The fourth-order valence-corrected chi connectivity index (χ4v) is 2.89. The summed E-state index contributed by atoms with van der Waals surface area (Å²) in [5.41, 5.74) is 0.788. The summed E-state index contributed by atoms with van der Waals surface area (Å²) in [6.45, 7) is 0. The summed E-state index contributed by atoms with van der Waals surface area (Å²) in [6.07, 6.45) is 1.73. The van der Waals surface area contributed by atoms with Gasteiger partial charge in [-0.3, -0.25) is 4.98 Å². The van der Waals surface area contributed by atoms with Gasteiger partial charge in [0.15, 0.2) is 11.5 Å². The van der Waals surface area contributed by atoms with Crippen LogP contribution in [0, 0.1) is 0 Å². The second kappa shape index (κ2) is 6.32. The Bertz CT molecular complexity index is 1060. The Morgan fingerprint density at radius 2 is 1.48 bits per heavy atom. The molecule has 0 atom stereocenters. The average Bonchev–Trinajstić information content (AvgIpc) is 2.67. The number of rotatable bonds is 4. The van der Waals surface area contributed by atoms with Gasteiger partial charge in [-0.25, -0.2) is 0 Å². The monoisotopic (exact) mass is 331 g/mol. The molecule has 1 heterocycles. The zero-order valence-electron chi connectivity index (χ0n) is 14.0. The Labute approximate surface area is 145 Å². The zero-order chi connectivity index (χ0) is 17.2. The highest BCUT2D eigenvalue weighted by Gasteiger charge is 2.11. The van der Waals surface area contributed by atoms with Gasteiger partial charge in [0, 0.05) is 17.6 Å². The van der Waals surface area contributed by atoms with Crippen LogP contribution in [0.1, 0.15) is 0 Å². The van der Waals surface area contributed by atoms with E-state index in [9.17, 15) is 0 Å². The summed E-state index contributed by atoms with van der Waals surface area (Å²) >= 11 is 0. The lowest BCUT2D eigenvalue weighted by Gasteiger charge is -2.12. The largest absolute Gasteiger partial charge is 0.493 e. The standard InChI is InChI=1S/C21H17NO3/c1-23-20-12-17-18(13-21(20)24-2)22-10-9-19(17)25-16-8-7-14-5-3-4-6-15(14)11-16/h3-13H,1-2H3. The van der Waals surface area contributed by atoms with Crippen LogP contribution in [0.3, 0.4) is 0 Å². The number of nitrogens with zero attached hydrogens (tertiary/aromatic N) is 1. The van der Waals surface area contributed by atoms with Gasteiger partial charge in [0.25, 0.3) is 0 Å². The Morgan fingerprint density at radius 1 is 0.720 bits per heavy atom. The molecule has 0 spiro atoms. The molecule has 0 saturated heterocycles. The Balaban J connectivity index is 1.79. The van der Waals surface area contributed by atoms with Crippen LogP contribution in [0.2, 0.25) is 0 Å². The van der Waals surface area contributed by atoms with Crippen LogP contribution in [0.5, 0.6) is 23.0 Å². The third kappa shape index (κ3) is 2.83. The highest BCUT2D eigenvalue weighted by Crippen LogP contribution is 2.37. The van der Waals surface area contributed by atoms with E-state index in [1.807, 2.05) is 42.5 Å². The van der Waals surface area contributed by atoms with E-state index in [1.165, 1.54) is 5.39 Å². The van der Waals surface area contributed by atoms with Crippen molar-refractivity contribution in [3.8, 4) is 23.0 Å². The molecule has 0 fully saturated rings. The van der Waals surface area contributed by atoms with Crippen molar-refractivity contribution in [1.29, 1.82) is 0 Å². The number of hydrogen-bond donors (Lipinski definition) is 0. The molecule has 0 bridgehead atoms. The van der Waals surface area contributed by atoms with E-state index >= 15 is 0 Å². The van der Waals surface area contributed by atoms with Crippen molar-refractivity contribution < 1.29 is 14.2 Å². The lowest BCUT2D eigenvalue weighted by Crippen LogP contribution is -1.93. The fourth-order valence-electron chi connectivity index (χ4n) is 2.89. The van der Waals surface area contributed by atoms with Gasteiger partial charge in [0.05, 0.1) is 19.7 Å². The number of fused-ring (bicyclic) bond motifs is 2. The van der Waals surface area contributed by atoms with Gasteiger partial charge in [-0.15, -0.1) is 0 Å². The second-order valence-electron chi connectivity index (χ2n) is 5.64. The van der Waals surface area contributed by atoms with Crippen molar-refractivity contribution in [3.05, 3.63) is 66.9 Å². The quantitative estimate of drug-likeness (QED) is 0.515. The molecule has 124 valence electrons. The molecule has 4 nitrogen and oxygen atoms in total. The number of pyridine rings is 1. The van der Waals surface area contributed by atoms with Gasteiger partial charge in [-0.05, 0) is 35.0 Å². The molecule has 25 heavy (non-hydrogen) atoms. The van der Waals surface area contributed by atoms with Gasteiger partial charge in [0.1, 0.15) is 11.5 Å². The topological polar surface area (TPSA) is 40.6 Å². The SMILES string of the molecule is COc1cc2nccc(Oc3ccc4ccccc4c3)c2cc1OC. The van der Waals surface area contributed by atoms with Crippen molar-refractivity contribution in [3.63, 3.8) is 0 Å². The minimum Gasteiger partial charge on any atom is -0.493 e. The first-order chi connectivity index (χ1) is 12.3. The maximum atomic E-state index is 6.14. The number of aromatic nitrogens is 1. The molecular weight excluding hydrogens is 314 g/mol. The molecule has 4 aromatic rings. The highest BCUT2D eigenvalue weighted by atomic mass is 16.5. The molecule has 0 aliphatic rings. The van der Waals surface area contributed by atoms with E-state index in [1.54, 1.807) is 20.4 Å². The predicted molar refractivity (Wildman–Crippen MR) is 98.9 cm³/mol. The maximum Gasteiger partial charge on any atom is 0.162 e. The minimum atomic E-state index is 0.644. The van der Waals surface area contributed by atoms with Gasteiger partial charge in [-0.1, -0.05) is 30.3 Å². The zero-order valence-corrected chi connectivity index (χ0v) is 14.0. The Kier molecular flexibility index (Phi) is 3.86. The first kappa shape index (κ1) is 15.3. The summed E-state index contributed by atoms with van der Waals surface area (Å²) in [4.78, 5) is 4.40. The molecule has 4 rings (SSSR count). The maximum absolute atomic E-state index is 6.14. The number of ether oxygens (including phenoxy) is 3. The molecule has 3 aromatic carbocycles. The van der Waals surface area contributed by atoms with Crippen molar-refractivity contribution in [2.24, 2.45) is 0 Å². The third-order valence-electron chi connectivity index (χ3n) is 4.16. The van der Waals surface area contributed by atoms with Crippen molar-refractivity contribution in [2.75, 3.05) is 14.2 Å². The number of hydrogen-bond acceptors (Lipinski definition) is 4. The molecular formula is C21H17NO3. The van der Waals surface area contributed by atoms with Crippen molar-refractivity contribution >= 4 is 21.7 Å². The molecule has 0 radical (unpaired) electrons. The molecule has 1 aromatic heterocycles. The lowest BCUT2D eigenvalue weighted by molar-refractivity contribution is 0.355. The van der Waals surface area contributed by atoms with Gasteiger partial charge in [-0.2, -0.15) is 0 Å². The summed E-state index contributed by atoms with van der Waals surface area (Å²) in [5, 5.41) is 3.19. The van der Waals surface area contributed by atoms with Crippen LogP contribution in [0.15, 0.2) is 66.9 Å². The molecule has 0 N–H and O–H groups in total. The molecule has 4 heteroatoms. The van der Waals surface area contributed by atoms with Crippen molar-refractivity contribution in [2.45, 2.75) is 0 Å². The Hall–Kier alpha value is -3.27. The Morgan fingerprint density at radius 3 is 2.28 bits per heavy atom. The molecule has 0 aliphatic carbocycles. The molecule has 0 saturated carbocycles. The summed E-state index contributed by atoms with van der Waals surface area (Å²) in [5.74, 6) is 2.79. The van der Waals surface area contributed by atoms with E-state index in [-0.39, 0.29) is 0 Å². The summed E-state index contributed by atoms with van der Waals surface area (Å²) in [6, 6.07) is 19.8. The van der Waals surface area contributed by atoms with E-state index in [0.29, 0.717) is 11.5 Å². The van der Waals surface area contributed by atoms with Crippen molar-refractivity contribution in [1.82, 2.24) is 4.98 Å². The van der Waals surface area contributed by atoms with E-state index in [0.717, 1.165) is 27.8 Å². The lowest BCUT2D eigenvalue weighted by atomic mass is 10.1. The van der Waals surface area contributed by atoms with E-state index < -0.39 is 0 Å². The van der Waals surface area contributed by atoms with Crippen LogP contribution < -0.4 is 14.2 Å². The molecule has 0 unspecified atom stereocenters. The van der Waals surface area contributed by atoms with Crippen LogP contribution in [-0.4, -0.2) is 19.2 Å². The van der Waals surface area contributed by atoms with Crippen LogP contribution in [0.25, 0.3) is 21.7 Å². The normalized spacial score (nSPS) is 10.8. The average molecular weight is 331 g/mol. The fraction of sp³-hybridized carbons (Fsp3) is 0.0952. The molecule has 0 amide bonds. The first-order valence-electron chi connectivity index (χ1n) is 7.96. The number of benzene rings is 3. The second-order valence-corrected chi connectivity index (χ2v) is 5.64. The van der Waals surface area contributed by atoms with Crippen LogP contribution >= 0.6 is 0 Å².